The summed E-state index contributed by atoms with van der Waals surface area (Å²) in [6.07, 6.45) is 3.23. The predicted molar refractivity (Wildman–Crippen MR) is 69.7 cm³/mol. The number of β-amino-alcohol motifs (C(OH)–C–C–N with tert-alkyl or cyclic N) is 1. The van der Waals surface area contributed by atoms with Gasteiger partial charge in [0.25, 0.3) is 0 Å². The number of aliphatic hydroxyl groups is 1. The van der Waals surface area contributed by atoms with Gasteiger partial charge in [0, 0.05) is 19.5 Å². The van der Waals surface area contributed by atoms with Crippen LogP contribution < -0.4 is 0 Å². The van der Waals surface area contributed by atoms with Gasteiger partial charge in [0.05, 0.1) is 6.10 Å². The van der Waals surface area contributed by atoms with Gasteiger partial charge in [-0.05, 0) is 30.6 Å². The summed E-state index contributed by atoms with van der Waals surface area (Å²) in [4.78, 5) is 13.8. The molecule has 0 radical (unpaired) electrons. The standard InChI is InChI=1S/C14H27NO2/c1-11-7-9-15(10-12(11)16)13(17)6-5-8-14(2,3)4/h11-12,16H,5-10H2,1-4H3. The molecular formula is C14H27NO2. The van der Waals surface area contributed by atoms with E-state index in [4.69, 9.17) is 0 Å². The Kier molecular flexibility index (Phi) is 4.99. The summed E-state index contributed by atoms with van der Waals surface area (Å²) in [5.74, 6) is 0.536. The minimum absolute atomic E-state index is 0.209. The number of amides is 1. The SMILES string of the molecule is CC1CCN(C(=O)CCCC(C)(C)C)CC1O. The summed E-state index contributed by atoms with van der Waals surface area (Å²) in [7, 11) is 0. The normalized spacial score (nSPS) is 26.1. The monoisotopic (exact) mass is 241 g/mol. The molecular weight excluding hydrogens is 214 g/mol. The van der Waals surface area contributed by atoms with Crippen LogP contribution in [-0.4, -0.2) is 35.1 Å². The molecule has 0 aliphatic carbocycles. The molecule has 1 saturated heterocycles. The van der Waals surface area contributed by atoms with E-state index in [1.54, 1.807) is 0 Å². The summed E-state index contributed by atoms with van der Waals surface area (Å²) in [5.41, 5.74) is 0.302. The second-order valence-corrected chi connectivity index (χ2v) is 6.59. The Labute approximate surface area is 105 Å². The van der Waals surface area contributed by atoms with Crippen molar-refractivity contribution in [2.75, 3.05) is 13.1 Å². The second kappa shape index (κ2) is 5.85. The molecule has 1 aliphatic rings. The molecule has 1 amide bonds. The lowest BCUT2D eigenvalue weighted by Gasteiger charge is -2.34. The minimum Gasteiger partial charge on any atom is -0.391 e. The van der Waals surface area contributed by atoms with Gasteiger partial charge in [0.15, 0.2) is 0 Å². The van der Waals surface area contributed by atoms with E-state index in [0.29, 0.717) is 24.3 Å². The van der Waals surface area contributed by atoms with E-state index in [1.807, 2.05) is 11.8 Å². The van der Waals surface area contributed by atoms with Crippen molar-refractivity contribution in [2.45, 2.75) is 59.5 Å². The Balaban J connectivity index is 2.29. The number of hydrogen-bond acceptors (Lipinski definition) is 2. The molecule has 0 bridgehead atoms. The first-order chi connectivity index (χ1) is 7.79. The number of carbonyl (C=O) groups excluding carboxylic acids is 1. The van der Waals surface area contributed by atoms with Crippen LogP contribution >= 0.6 is 0 Å². The number of piperidine rings is 1. The molecule has 1 rings (SSSR count). The Morgan fingerprint density at radius 1 is 1.41 bits per heavy atom. The van der Waals surface area contributed by atoms with Gasteiger partial charge >= 0.3 is 0 Å². The predicted octanol–water partition coefficient (Wildman–Crippen LogP) is 2.43. The lowest BCUT2D eigenvalue weighted by molar-refractivity contribution is -0.135. The van der Waals surface area contributed by atoms with Crippen molar-refractivity contribution in [2.24, 2.45) is 11.3 Å². The first kappa shape index (κ1) is 14.5. The summed E-state index contributed by atoms with van der Waals surface area (Å²) in [6.45, 7) is 9.98. The molecule has 1 N–H and O–H groups in total. The highest BCUT2D eigenvalue weighted by Crippen LogP contribution is 2.23. The average Bonchev–Trinajstić information content (AvgIpc) is 2.20. The van der Waals surface area contributed by atoms with Gasteiger partial charge in [0.1, 0.15) is 0 Å². The van der Waals surface area contributed by atoms with Crippen molar-refractivity contribution < 1.29 is 9.90 Å². The van der Waals surface area contributed by atoms with Crippen LogP contribution in [0.15, 0.2) is 0 Å². The van der Waals surface area contributed by atoms with E-state index in [-0.39, 0.29) is 12.0 Å². The van der Waals surface area contributed by atoms with Gasteiger partial charge < -0.3 is 10.0 Å². The van der Waals surface area contributed by atoms with Crippen LogP contribution in [0.1, 0.15) is 53.4 Å². The Morgan fingerprint density at radius 2 is 2.06 bits per heavy atom. The molecule has 3 nitrogen and oxygen atoms in total. The van der Waals surface area contributed by atoms with E-state index in [0.717, 1.165) is 25.8 Å². The first-order valence-corrected chi connectivity index (χ1v) is 6.75. The Hall–Kier alpha value is -0.570. The molecule has 1 aliphatic heterocycles. The zero-order valence-electron chi connectivity index (χ0n) is 11.7. The van der Waals surface area contributed by atoms with Gasteiger partial charge in [-0.2, -0.15) is 0 Å². The molecule has 0 aromatic carbocycles. The molecule has 1 fully saturated rings. The first-order valence-electron chi connectivity index (χ1n) is 6.75. The van der Waals surface area contributed by atoms with E-state index in [1.165, 1.54) is 0 Å². The number of rotatable bonds is 3. The summed E-state index contributed by atoms with van der Waals surface area (Å²) in [6, 6.07) is 0. The maximum atomic E-state index is 12.0. The van der Waals surface area contributed by atoms with E-state index in [9.17, 15) is 9.90 Å². The van der Waals surface area contributed by atoms with E-state index >= 15 is 0 Å². The second-order valence-electron chi connectivity index (χ2n) is 6.59. The third-order valence-corrected chi connectivity index (χ3v) is 3.59. The highest BCUT2D eigenvalue weighted by Gasteiger charge is 2.26. The molecule has 2 unspecified atom stereocenters. The van der Waals surface area contributed by atoms with Gasteiger partial charge in [0.2, 0.25) is 5.91 Å². The maximum absolute atomic E-state index is 12.0. The molecule has 100 valence electrons. The third-order valence-electron chi connectivity index (χ3n) is 3.59. The topological polar surface area (TPSA) is 40.5 Å². The number of carbonyl (C=O) groups is 1. The molecule has 2 atom stereocenters. The quantitative estimate of drug-likeness (QED) is 0.824. The summed E-state index contributed by atoms with van der Waals surface area (Å²) < 4.78 is 0. The van der Waals surface area contributed by atoms with Crippen LogP contribution in [0.5, 0.6) is 0 Å². The smallest absolute Gasteiger partial charge is 0.222 e. The molecule has 1 heterocycles. The molecule has 3 heteroatoms. The van der Waals surface area contributed by atoms with Crippen LogP contribution in [0.4, 0.5) is 0 Å². The van der Waals surface area contributed by atoms with Gasteiger partial charge in [-0.3, -0.25) is 4.79 Å². The summed E-state index contributed by atoms with van der Waals surface area (Å²) in [5, 5.41) is 9.76. The number of likely N-dealkylation sites (tertiary alicyclic amines) is 1. The lowest BCUT2D eigenvalue weighted by atomic mass is 9.89. The zero-order chi connectivity index (χ0) is 13.1. The van der Waals surface area contributed by atoms with Gasteiger partial charge in [-0.25, -0.2) is 0 Å². The van der Waals surface area contributed by atoms with Crippen LogP contribution in [0.25, 0.3) is 0 Å². The molecule has 0 aromatic rings. The zero-order valence-corrected chi connectivity index (χ0v) is 11.7. The number of aliphatic hydroxyl groups excluding tert-OH is 1. The summed E-state index contributed by atoms with van der Waals surface area (Å²) >= 11 is 0. The van der Waals surface area contributed by atoms with Gasteiger partial charge in [-0.1, -0.05) is 27.7 Å². The third kappa shape index (κ3) is 5.07. The van der Waals surface area contributed by atoms with Crippen molar-refractivity contribution in [3.05, 3.63) is 0 Å². The van der Waals surface area contributed by atoms with E-state index < -0.39 is 0 Å². The Morgan fingerprint density at radius 3 is 2.59 bits per heavy atom. The minimum atomic E-state index is -0.338. The number of hydrogen-bond donors (Lipinski definition) is 1. The number of nitrogens with zero attached hydrogens (tertiary/aromatic N) is 1. The van der Waals surface area contributed by atoms with Crippen LogP contribution in [0.3, 0.4) is 0 Å². The molecule has 0 aromatic heterocycles. The molecule has 0 saturated carbocycles. The van der Waals surface area contributed by atoms with Crippen molar-refractivity contribution in [1.82, 2.24) is 4.90 Å². The van der Waals surface area contributed by atoms with Crippen LogP contribution in [-0.2, 0) is 4.79 Å². The molecule has 17 heavy (non-hydrogen) atoms. The van der Waals surface area contributed by atoms with Crippen molar-refractivity contribution in [3.8, 4) is 0 Å². The van der Waals surface area contributed by atoms with Crippen LogP contribution in [0.2, 0.25) is 0 Å². The average molecular weight is 241 g/mol. The highest BCUT2D eigenvalue weighted by molar-refractivity contribution is 5.76. The van der Waals surface area contributed by atoms with E-state index in [2.05, 4.69) is 20.8 Å². The lowest BCUT2D eigenvalue weighted by Crippen LogP contribution is -2.45. The van der Waals surface area contributed by atoms with Crippen molar-refractivity contribution >= 4 is 5.91 Å². The van der Waals surface area contributed by atoms with Crippen LogP contribution in [0, 0.1) is 11.3 Å². The molecule has 0 spiro atoms. The fraction of sp³-hybridized carbons (Fsp3) is 0.929. The van der Waals surface area contributed by atoms with Gasteiger partial charge in [-0.15, -0.1) is 0 Å². The van der Waals surface area contributed by atoms with Crippen molar-refractivity contribution in [1.29, 1.82) is 0 Å². The largest absolute Gasteiger partial charge is 0.391 e. The Bertz CT molecular complexity index is 257. The fourth-order valence-corrected chi connectivity index (χ4v) is 2.20. The maximum Gasteiger partial charge on any atom is 0.222 e. The highest BCUT2D eigenvalue weighted by atomic mass is 16.3. The van der Waals surface area contributed by atoms with Crippen molar-refractivity contribution in [3.63, 3.8) is 0 Å². The fourth-order valence-electron chi connectivity index (χ4n) is 2.20.